The van der Waals surface area contributed by atoms with Crippen molar-refractivity contribution in [2.24, 2.45) is 0 Å². The summed E-state index contributed by atoms with van der Waals surface area (Å²) in [5.74, 6) is 3.72. The lowest BCUT2D eigenvalue weighted by Crippen LogP contribution is -2.41. The van der Waals surface area contributed by atoms with Gasteiger partial charge in [-0.25, -0.2) is 4.98 Å². The van der Waals surface area contributed by atoms with Gasteiger partial charge in [-0.1, -0.05) is 18.2 Å². The molecule has 8 nitrogen and oxygen atoms in total. The van der Waals surface area contributed by atoms with E-state index >= 15 is 0 Å². The number of carbonyl (C=O) groups is 1. The number of likely N-dealkylation sites (tertiary alicyclic amines) is 1. The van der Waals surface area contributed by atoms with E-state index in [1.807, 2.05) is 29.2 Å². The molecule has 1 aliphatic rings. The van der Waals surface area contributed by atoms with Crippen molar-refractivity contribution in [1.29, 1.82) is 0 Å². The van der Waals surface area contributed by atoms with Crippen LogP contribution in [-0.4, -0.2) is 56.8 Å². The Kier molecular flexibility index (Phi) is 7.57. The van der Waals surface area contributed by atoms with Gasteiger partial charge in [-0.15, -0.1) is 0 Å². The molecule has 1 saturated heterocycles. The van der Waals surface area contributed by atoms with E-state index in [1.54, 1.807) is 45.7 Å². The zero-order valence-corrected chi connectivity index (χ0v) is 19.8. The number of rotatable bonds is 9. The summed E-state index contributed by atoms with van der Waals surface area (Å²) in [5, 5.41) is 0. The summed E-state index contributed by atoms with van der Waals surface area (Å²) in [6.07, 6.45) is 4.23. The molecule has 1 aromatic heterocycles. The first-order valence-corrected chi connectivity index (χ1v) is 11.3. The predicted octanol–water partition coefficient (Wildman–Crippen LogP) is 4.08. The van der Waals surface area contributed by atoms with E-state index < -0.39 is 0 Å². The maximum absolute atomic E-state index is 12.9. The highest BCUT2D eigenvalue weighted by Gasteiger charge is 2.28. The molecule has 34 heavy (non-hydrogen) atoms. The molecule has 1 aliphatic heterocycles. The Morgan fingerprint density at radius 3 is 2.47 bits per heavy atom. The highest BCUT2D eigenvalue weighted by Crippen LogP contribution is 2.37. The normalized spacial score (nSPS) is 15.6. The van der Waals surface area contributed by atoms with Crippen LogP contribution in [0.3, 0.4) is 0 Å². The van der Waals surface area contributed by atoms with Crippen LogP contribution in [0.25, 0.3) is 0 Å². The topological polar surface area (TPSA) is 83.3 Å². The van der Waals surface area contributed by atoms with Crippen molar-refractivity contribution >= 4 is 5.91 Å². The summed E-state index contributed by atoms with van der Waals surface area (Å²) in [7, 11) is 4.76. The predicted molar refractivity (Wildman–Crippen MR) is 126 cm³/mol. The van der Waals surface area contributed by atoms with Gasteiger partial charge in [0.25, 0.3) is 5.91 Å². The average Bonchev–Trinajstić information content (AvgIpc) is 3.36. The molecular weight excluding hydrogens is 436 g/mol. The lowest BCUT2D eigenvalue weighted by molar-refractivity contribution is -0.134. The van der Waals surface area contributed by atoms with Gasteiger partial charge in [-0.2, -0.15) is 0 Å². The molecule has 0 N–H and O–H groups in total. The molecule has 180 valence electrons. The van der Waals surface area contributed by atoms with Gasteiger partial charge in [0.2, 0.25) is 5.75 Å². The van der Waals surface area contributed by atoms with E-state index in [4.69, 9.17) is 23.4 Å². The summed E-state index contributed by atoms with van der Waals surface area (Å²) >= 11 is 0. The first-order chi connectivity index (χ1) is 16.6. The summed E-state index contributed by atoms with van der Waals surface area (Å²) < 4.78 is 27.7. The van der Waals surface area contributed by atoms with Gasteiger partial charge in [-0.3, -0.25) is 4.79 Å². The maximum Gasteiger partial charge on any atom is 0.260 e. The highest BCUT2D eigenvalue weighted by molar-refractivity contribution is 5.78. The zero-order chi connectivity index (χ0) is 23.9. The fourth-order valence-corrected chi connectivity index (χ4v) is 4.13. The number of hydrogen-bond donors (Lipinski definition) is 0. The SMILES string of the molecule is COc1ccc(Cc2cnc([C@H]3CCCN(C(=O)COc4c(OC)cccc4OC)C3)o2)cc1. The molecule has 1 atom stereocenters. The Hall–Kier alpha value is -3.68. The van der Waals surface area contributed by atoms with Crippen molar-refractivity contribution < 1.29 is 28.2 Å². The van der Waals surface area contributed by atoms with E-state index in [2.05, 4.69) is 4.98 Å². The molecule has 4 rings (SSSR count). The number of ether oxygens (including phenoxy) is 4. The second-order valence-corrected chi connectivity index (χ2v) is 8.15. The number of carbonyl (C=O) groups excluding carboxylic acids is 1. The number of nitrogens with zero attached hydrogens (tertiary/aromatic N) is 2. The van der Waals surface area contributed by atoms with Crippen LogP contribution in [0, 0.1) is 0 Å². The maximum atomic E-state index is 12.9. The number of oxazole rings is 1. The quantitative estimate of drug-likeness (QED) is 0.470. The molecule has 0 bridgehead atoms. The van der Waals surface area contributed by atoms with Crippen molar-refractivity contribution in [3.05, 3.63) is 65.9 Å². The van der Waals surface area contributed by atoms with E-state index in [0.29, 0.717) is 42.6 Å². The number of amides is 1. The van der Waals surface area contributed by atoms with Gasteiger partial charge in [0, 0.05) is 19.5 Å². The largest absolute Gasteiger partial charge is 0.497 e. The Labute approximate surface area is 199 Å². The van der Waals surface area contributed by atoms with Crippen molar-refractivity contribution in [1.82, 2.24) is 9.88 Å². The average molecular weight is 467 g/mol. The minimum Gasteiger partial charge on any atom is -0.497 e. The van der Waals surface area contributed by atoms with Gasteiger partial charge in [0.05, 0.1) is 33.4 Å². The van der Waals surface area contributed by atoms with Gasteiger partial charge < -0.3 is 28.3 Å². The van der Waals surface area contributed by atoms with Crippen LogP contribution in [-0.2, 0) is 11.2 Å². The third kappa shape index (κ3) is 5.44. The molecule has 1 fully saturated rings. The second-order valence-electron chi connectivity index (χ2n) is 8.15. The summed E-state index contributed by atoms with van der Waals surface area (Å²) in [6, 6.07) is 13.2. The van der Waals surface area contributed by atoms with E-state index in [-0.39, 0.29) is 18.4 Å². The van der Waals surface area contributed by atoms with Crippen LogP contribution >= 0.6 is 0 Å². The fourth-order valence-electron chi connectivity index (χ4n) is 4.13. The third-order valence-corrected chi connectivity index (χ3v) is 5.95. The summed E-state index contributed by atoms with van der Waals surface area (Å²) in [6.45, 7) is 1.13. The van der Waals surface area contributed by atoms with Crippen LogP contribution < -0.4 is 18.9 Å². The highest BCUT2D eigenvalue weighted by atomic mass is 16.5. The Balaban J connectivity index is 1.36. The van der Waals surface area contributed by atoms with Gasteiger partial charge in [0.15, 0.2) is 24.0 Å². The number of para-hydroxylation sites is 1. The molecular formula is C26H30N2O6. The molecule has 0 radical (unpaired) electrons. The van der Waals surface area contributed by atoms with E-state index in [9.17, 15) is 4.79 Å². The number of methoxy groups -OCH3 is 3. The van der Waals surface area contributed by atoms with Crippen molar-refractivity contribution in [3.63, 3.8) is 0 Å². The van der Waals surface area contributed by atoms with Crippen molar-refractivity contribution in [2.45, 2.75) is 25.2 Å². The molecule has 0 spiro atoms. The number of piperidine rings is 1. The Morgan fingerprint density at radius 2 is 1.79 bits per heavy atom. The molecule has 1 amide bonds. The molecule has 8 heteroatoms. The van der Waals surface area contributed by atoms with Gasteiger partial charge in [0.1, 0.15) is 11.5 Å². The minimum atomic E-state index is -0.0994. The number of aromatic nitrogens is 1. The smallest absolute Gasteiger partial charge is 0.260 e. The second kappa shape index (κ2) is 11.0. The fraction of sp³-hybridized carbons (Fsp3) is 0.385. The number of hydrogen-bond acceptors (Lipinski definition) is 7. The van der Waals surface area contributed by atoms with Crippen LogP contribution in [0.4, 0.5) is 0 Å². The Morgan fingerprint density at radius 1 is 1.06 bits per heavy atom. The molecule has 0 saturated carbocycles. The van der Waals surface area contributed by atoms with Gasteiger partial charge in [-0.05, 0) is 42.7 Å². The van der Waals surface area contributed by atoms with Crippen molar-refractivity contribution in [2.75, 3.05) is 41.0 Å². The lowest BCUT2D eigenvalue weighted by Gasteiger charge is -2.31. The van der Waals surface area contributed by atoms with Crippen molar-refractivity contribution in [3.8, 4) is 23.0 Å². The van der Waals surface area contributed by atoms with Crippen LogP contribution in [0.5, 0.6) is 23.0 Å². The lowest BCUT2D eigenvalue weighted by atomic mass is 9.98. The summed E-state index contributed by atoms with van der Waals surface area (Å²) in [5.41, 5.74) is 1.12. The first-order valence-electron chi connectivity index (χ1n) is 11.3. The zero-order valence-electron chi connectivity index (χ0n) is 19.8. The third-order valence-electron chi connectivity index (χ3n) is 5.95. The molecule has 3 aromatic rings. The first kappa shape index (κ1) is 23.5. The molecule has 2 heterocycles. The number of benzene rings is 2. The van der Waals surface area contributed by atoms with Crippen LogP contribution in [0.15, 0.2) is 53.1 Å². The molecule has 0 aliphatic carbocycles. The standard InChI is InChI=1S/C26H30N2O6/c1-30-20-11-9-18(10-12-20)14-21-15-27-26(34-21)19-6-5-13-28(16-19)24(29)17-33-25-22(31-2)7-4-8-23(25)32-3/h4,7-12,15,19H,5-6,13-14,16-17H2,1-3H3/t19-/m0/s1. The van der Waals surface area contributed by atoms with Gasteiger partial charge >= 0.3 is 0 Å². The van der Waals surface area contributed by atoms with E-state index in [0.717, 1.165) is 29.9 Å². The van der Waals surface area contributed by atoms with Crippen LogP contribution in [0.1, 0.15) is 36.0 Å². The molecule has 2 aromatic carbocycles. The molecule has 0 unspecified atom stereocenters. The minimum absolute atomic E-state index is 0.0584. The summed E-state index contributed by atoms with van der Waals surface area (Å²) in [4.78, 5) is 19.2. The Bertz CT molecular complexity index is 1070. The van der Waals surface area contributed by atoms with Crippen LogP contribution in [0.2, 0.25) is 0 Å². The van der Waals surface area contributed by atoms with E-state index in [1.165, 1.54) is 0 Å². The monoisotopic (exact) mass is 466 g/mol.